The highest BCUT2D eigenvalue weighted by molar-refractivity contribution is 6.44. The van der Waals surface area contributed by atoms with Crippen LogP contribution >= 0.6 is 0 Å². The Morgan fingerprint density at radius 1 is 0.348 bits per heavy atom. The molecule has 2 atom stereocenters. The zero-order chi connectivity index (χ0) is 63.1. The molecule has 0 aromatic heterocycles. The number of carbonyl (C=O) groups is 10. The van der Waals surface area contributed by atoms with Crippen molar-refractivity contribution in [1.29, 1.82) is 0 Å². The fraction of sp³-hybridized carbons (Fsp3) is 0.182. The van der Waals surface area contributed by atoms with Gasteiger partial charge in [-0.2, -0.15) is 20.5 Å². The second-order valence-corrected chi connectivity index (χ2v) is 22.0. The van der Waals surface area contributed by atoms with Crippen LogP contribution < -0.4 is 47.9 Å². The lowest BCUT2D eigenvalue weighted by Crippen LogP contribution is -2.46. The third-order valence-corrected chi connectivity index (χ3v) is 16.6. The quantitative estimate of drug-likeness (QED) is 0.0221. The van der Waals surface area contributed by atoms with Crippen LogP contribution in [0.3, 0.4) is 0 Å². The molecule has 0 radical (unpaired) electrons. The second kappa shape index (κ2) is 21.7. The van der Waals surface area contributed by atoms with Crippen LogP contribution in [-0.2, 0) is 9.59 Å². The van der Waals surface area contributed by atoms with Gasteiger partial charge < -0.3 is 42.5 Å². The predicted octanol–water partition coefficient (Wildman–Crippen LogP) is 7.66. The van der Waals surface area contributed by atoms with E-state index in [9.17, 15) is 28.8 Å². The minimum Gasteiger partial charge on any atom is -0.355 e. The first-order valence-corrected chi connectivity index (χ1v) is 28.2. The molecule has 0 aliphatic carbocycles. The summed E-state index contributed by atoms with van der Waals surface area (Å²) in [4.78, 5) is 148. The Labute approximate surface area is 504 Å². The average Bonchev–Trinajstić information content (AvgIpc) is 1.09. The third-order valence-electron chi connectivity index (χ3n) is 16.6. The number of fused-ring (bicyclic) bond motifs is 4. The Bertz CT molecular complexity index is 4730. The molecule has 12 rings (SSSR count). The second-order valence-electron chi connectivity index (χ2n) is 22.0. The van der Waals surface area contributed by atoms with Gasteiger partial charge in [0.1, 0.15) is 0 Å². The number of rotatable bonds is 14. The van der Waals surface area contributed by atoms with E-state index >= 15 is 19.2 Å². The van der Waals surface area contributed by atoms with Gasteiger partial charge in [-0.05, 0) is 117 Å². The lowest BCUT2D eigenvalue weighted by Gasteiger charge is -2.24. The molecule has 23 heteroatoms. The van der Waals surface area contributed by atoms with E-state index in [1.165, 1.54) is 66.3 Å². The molecule has 0 fully saturated rings. The van der Waals surface area contributed by atoms with E-state index in [-0.39, 0.29) is 54.6 Å². The molecular formula is C66H55N13O10. The van der Waals surface area contributed by atoms with E-state index in [2.05, 4.69) is 68.3 Å². The van der Waals surface area contributed by atoms with Crippen molar-refractivity contribution < 1.29 is 47.9 Å². The van der Waals surface area contributed by atoms with E-state index in [1.54, 1.807) is 50.2 Å². The summed E-state index contributed by atoms with van der Waals surface area (Å²) in [5.74, 6) is -8.92. The minimum atomic E-state index is -1.42. The normalized spacial score (nSPS) is 16.1. The van der Waals surface area contributed by atoms with Gasteiger partial charge in [-0.3, -0.25) is 53.3 Å². The first kappa shape index (κ1) is 57.8. The Morgan fingerprint density at radius 2 is 0.674 bits per heavy atom. The number of carbonyl (C=O) groups excluding carboxylic acids is 10. The number of hydrogen-bond acceptors (Lipinski definition) is 14. The maximum atomic E-state index is 15.8. The smallest absolute Gasteiger partial charge is 0.258 e. The molecule has 0 spiro atoms. The largest absolute Gasteiger partial charge is 0.355 e. The van der Waals surface area contributed by atoms with Crippen molar-refractivity contribution >= 4 is 145 Å². The highest BCUT2D eigenvalue weighted by Crippen LogP contribution is 2.48. The Kier molecular flexibility index (Phi) is 14.1. The molecule has 0 saturated heterocycles. The summed E-state index contributed by atoms with van der Waals surface area (Å²) in [6, 6.07) is 27.9. The molecular weight excluding hydrogens is 1130 g/mol. The Morgan fingerprint density at radius 3 is 1.01 bits per heavy atom. The van der Waals surface area contributed by atoms with Crippen molar-refractivity contribution in [3.05, 3.63) is 165 Å². The maximum Gasteiger partial charge on any atom is 0.258 e. The van der Waals surface area contributed by atoms with Crippen LogP contribution in [0, 0.1) is 0 Å². The van der Waals surface area contributed by atoms with Gasteiger partial charge in [0.15, 0.2) is 11.1 Å². The number of nitrogens with zero attached hydrogens (tertiary/aromatic N) is 4. The van der Waals surface area contributed by atoms with E-state index in [4.69, 9.17) is 0 Å². The van der Waals surface area contributed by atoms with E-state index in [0.29, 0.717) is 54.5 Å². The Balaban J connectivity index is 1.09. The zero-order valence-corrected chi connectivity index (χ0v) is 49.2. The number of benzene rings is 10. The van der Waals surface area contributed by atoms with Crippen LogP contribution in [0.2, 0.25) is 0 Å². The number of azo groups is 2. The summed E-state index contributed by atoms with van der Waals surface area (Å²) in [6.45, 7) is 5.29. The van der Waals surface area contributed by atoms with Crippen molar-refractivity contribution in [3.63, 3.8) is 0 Å². The monoisotopic (exact) mass is 1190 g/mol. The summed E-state index contributed by atoms with van der Waals surface area (Å²) in [5.41, 5.74) is -4.80. The van der Waals surface area contributed by atoms with Gasteiger partial charge in [-0.1, -0.05) is 84.9 Å². The lowest BCUT2D eigenvalue weighted by molar-refractivity contribution is -0.125. The zero-order valence-electron chi connectivity index (χ0n) is 49.2. The van der Waals surface area contributed by atoms with Crippen LogP contribution in [0.1, 0.15) is 111 Å². The number of allylic oxidation sites excluding steroid dienone is 2. The predicted molar refractivity (Wildman–Crippen MR) is 336 cm³/mol. The molecule has 10 aromatic carbocycles. The highest BCUT2D eigenvalue weighted by Gasteiger charge is 2.39. The molecule has 444 valence electrons. The average molecular weight is 1190 g/mol. The molecule has 9 N–H and O–H groups in total. The van der Waals surface area contributed by atoms with Gasteiger partial charge >= 0.3 is 0 Å². The first-order valence-electron chi connectivity index (χ1n) is 28.2. The molecule has 2 unspecified atom stereocenters. The molecule has 10 aromatic rings. The van der Waals surface area contributed by atoms with Crippen LogP contribution in [0.5, 0.6) is 0 Å². The van der Waals surface area contributed by atoms with E-state index < -0.39 is 106 Å². The van der Waals surface area contributed by atoms with Crippen LogP contribution in [-0.4, -0.2) is 112 Å². The molecule has 2 heterocycles. The summed E-state index contributed by atoms with van der Waals surface area (Å²) < 4.78 is 0. The van der Waals surface area contributed by atoms with Gasteiger partial charge in [0.05, 0.1) is 58.1 Å². The van der Waals surface area contributed by atoms with Crippen LogP contribution in [0.15, 0.2) is 141 Å². The van der Waals surface area contributed by atoms with Gasteiger partial charge in [-0.15, -0.1) is 0 Å². The molecule has 10 amide bonds. The Hall–Kier alpha value is -11.6. The van der Waals surface area contributed by atoms with E-state index in [0.717, 1.165) is 10.8 Å². The van der Waals surface area contributed by atoms with E-state index in [1.807, 2.05) is 48.5 Å². The van der Waals surface area contributed by atoms with Crippen molar-refractivity contribution in [2.24, 2.45) is 20.5 Å². The number of imide groups is 1. The fourth-order valence-electron chi connectivity index (χ4n) is 12.7. The molecule has 89 heavy (non-hydrogen) atoms. The molecule has 2 aliphatic heterocycles. The first-order chi connectivity index (χ1) is 42.7. The number of nitrogens with one attached hydrogen (secondary N) is 9. The summed E-state index contributed by atoms with van der Waals surface area (Å²) in [7, 11) is 5.33. The van der Waals surface area contributed by atoms with Crippen LogP contribution in [0.4, 0.5) is 0 Å². The fourth-order valence-corrected chi connectivity index (χ4v) is 12.7. The lowest BCUT2D eigenvalue weighted by atomic mass is 9.80. The summed E-state index contributed by atoms with van der Waals surface area (Å²) in [5, 5.41) is 46.1. The highest BCUT2D eigenvalue weighted by atomic mass is 16.2. The molecule has 0 bridgehead atoms. The third kappa shape index (κ3) is 9.03. The number of hydrogen-bond donors (Lipinski definition) is 9. The summed E-state index contributed by atoms with van der Waals surface area (Å²) in [6.07, 6.45) is 3.08. The molecule has 23 nitrogen and oxygen atoms in total. The molecule has 2 aliphatic rings. The topological polar surface area (TPSA) is 328 Å². The van der Waals surface area contributed by atoms with Crippen molar-refractivity contribution in [2.45, 2.75) is 38.8 Å². The maximum absolute atomic E-state index is 15.8. The van der Waals surface area contributed by atoms with Gasteiger partial charge in [0.25, 0.3) is 59.1 Å². The summed E-state index contributed by atoms with van der Waals surface area (Å²) >= 11 is 0. The van der Waals surface area contributed by atoms with Crippen molar-refractivity contribution in [3.8, 4) is 0 Å². The number of amides is 10. The molecule has 0 saturated carbocycles. The van der Waals surface area contributed by atoms with Gasteiger partial charge in [0.2, 0.25) is 0 Å². The van der Waals surface area contributed by atoms with Crippen LogP contribution in [0.25, 0.3) is 86.2 Å². The van der Waals surface area contributed by atoms with Crippen molar-refractivity contribution in [1.82, 2.24) is 47.9 Å². The van der Waals surface area contributed by atoms with Crippen molar-refractivity contribution in [2.75, 3.05) is 41.5 Å². The standard InChI is InChI=1S/C66H55N13O10/c1-29-25-65(3,78-76-29)63(88)73-27-71-61(86)51-47-39(23-21-35-33-17-9-13-31-15-11-19-37(41(31)33)45(43(35)47)49(57(82)67-5)53(51)59(84)69-7)55(80)75-56(81)40-24-22-36-34-18-10-14-32-16-12-20-38(42(32)34)46-44(36)48(40)52(54(60(85)70-8)50(46)58(83)68-6)62(87)72-28-74-64(89)66(4)26-30(2)77-79-66/h9-26H,27-28H2,1-8H3,(H,67,82)(H,68,83)(H,69,84)(H,70,85)(H,71,86)(H,72,87)(H,73,88)(H,74,89)(H,75,80,81). The van der Waals surface area contributed by atoms with Gasteiger partial charge in [-0.25, -0.2) is 0 Å². The SMILES string of the molecule is CNC(=O)c1c(C(=O)NCNC(=O)C2(C)C=C(C)N=N2)c2c(C(=O)NC(=O)c3ccc4c5cccc6cccc(c7c(C(=O)NC)c(C(=O)NC)c(C(=O)NCNC(=O)C8(C)C=C(C)N=N8)c3c47)c65)ccc3c4cccc5cccc(c(c1C(=O)NC)c23)c54. The van der Waals surface area contributed by atoms with Gasteiger partial charge in [0, 0.05) is 60.9 Å². The minimum absolute atomic E-state index is 0.168.